The molecule has 1 saturated heterocycles. The van der Waals surface area contributed by atoms with Gasteiger partial charge in [0.1, 0.15) is 0 Å². The average molecular weight is 271 g/mol. The maximum absolute atomic E-state index is 6.00. The molecule has 1 fully saturated rings. The summed E-state index contributed by atoms with van der Waals surface area (Å²) >= 11 is 0. The predicted molar refractivity (Wildman–Crippen MR) is 80.6 cm³/mol. The van der Waals surface area contributed by atoms with Crippen LogP contribution in [-0.4, -0.2) is 49.5 Å². The van der Waals surface area contributed by atoms with Crippen LogP contribution in [0.5, 0.6) is 0 Å². The summed E-state index contributed by atoms with van der Waals surface area (Å²) in [6.07, 6.45) is 2.77. The highest BCUT2D eigenvalue weighted by atomic mass is 16.5. The molecule has 3 nitrogen and oxygen atoms in total. The first-order valence-electron chi connectivity index (χ1n) is 7.64. The van der Waals surface area contributed by atoms with Gasteiger partial charge in [-0.3, -0.25) is 0 Å². The van der Waals surface area contributed by atoms with Gasteiger partial charge in [0.15, 0.2) is 0 Å². The molecule has 0 aliphatic carbocycles. The van der Waals surface area contributed by atoms with Gasteiger partial charge in [0.2, 0.25) is 0 Å². The number of piperidine rings is 1. The van der Waals surface area contributed by atoms with E-state index >= 15 is 0 Å². The first kappa shape index (κ1) is 16.9. The van der Waals surface area contributed by atoms with Gasteiger partial charge in [0, 0.05) is 19.6 Å². The molecule has 114 valence electrons. The maximum Gasteiger partial charge on any atom is 0.0600 e. The number of ether oxygens (including phenoxy) is 2. The lowest BCUT2D eigenvalue weighted by Gasteiger charge is -2.33. The molecule has 1 aliphatic heterocycles. The molecule has 0 bridgehead atoms. The van der Waals surface area contributed by atoms with Crippen molar-refractivity contribution in [1.82, 2.24) is 4.90 Å². The third-order valence-corrected chi connectivity index (χ3v) is 3.23. The molecule has 0 aromatic heterocycles. The minimum atomic E-state index is -0.0197. The zero-order chi connectivity index (χ0) is 14.5. The van der Waals surface area contributed by atoms with Crippen LogP contribution in [0.3, 0.4) is 0 Å². The molecule has 0 aromatic carbocycles. The summed E-state index contributed by atoms with van der Waals surface area (Å²) in [5, 5.41) is 0. The lowest BCUT2D eigenvalue weighted by Crippen LogP contribution is -2.40. The topological polar surface area (TPSA) is 21.7 Å². The molecule has 0 unspecified atom stereocenters. The van der Waals surface area contributed by atoms with Gasteiger partial charge in [0.25, 0.3) is 0 Å². The quantitative estimate of drug-likeness (QED) is 0.765. The SMILES string of the molecule is CC(C)(C)COC1CCN(CCOC(C)(C)C)CC1. The van der Waals surface area contributed by atoms with Crippen LogP contribution in [0.15, 0.2) is 0 Å². The molecule has 19 heavy (non-hydrogen) atoms. The minimum absolute atomic E-state index is 0.0197. The summed E-state index contributed by atoms with van der Waals surface area (Å²) in [4.78, 5) is 2.49. The number of rotatable bonds is 5. The van der Waals surface area contributed by atoms with Crippen LogP contribution < -0.4 is 0 Å². The van der Waals surface area contributed by atoms with E-state index in [4.69, 9.17) is 9.47 Å². The summed E-state index contributed by atoms with van der Waals surface area (Å²) in [5.41, 5.74) is 0.256. The van der Waals surface area contributed by atoms with E-state index in [1.54, 1.807) is 0 Å². The van der Waals surface area contributed by atoms with Gasteiger partial charge in [0.05, 0.1) is 24.9 Å². The lowest BCUT2D eigenvalue weighted by atomic mass is 9.98. The summed E-state index contributed by atoms with van der Waals surface area (Å²) in [6.45, 7) is 18.0. The number of nitrogens with zero attached hydrogens (tertiary/aromatic N) is 1. The van der Waals surface area contributed by atoms with E-state index in [0.29, 0.717) is 6.10 Å². The van der Waals surface area contributed by atoms with Crippen LogP contribution in [0.2, 0.25) is 0 Å². The van der Waals surface area contributed by atoms with E-state index in [2.05, 4.69) is 46.4 Å². The normalized spacial score (nSPS) is 19.9. The van der Waals surface area contributed by atoms with Crippen LogP contribution in [0.1, 0.15) is 54.4 Å². The van der Waals surface area contributed by atoms with Crippen LogP contribution in [0, 0.1) is 5.41 Å². The largest absolute Gasteiger partial charge is 0.378 e. The Morgan fingerprint density at radius 2 is 1.58 bits per heavy atom. The van der Waals surface area contributed by atoms with Crippen molar-refractivity contribution in [2.24, 2.45) is 5.41 Å². The Labute approximate surface area is 119 Å². The molecule has 1 heterocycles. The molecule has 0 radical (unpaired) electrons. The van der Waals surface area contributed by atoms with Crippen molar-refractivity contribution in [2.45, 2.75) is 66.1 Å². The smallest absolute Gasteiger partial charge is 0.0600 e. The Morgan fingerprint density at radius 1 is 1.00 bits per heavy atom. The molecule has 0 N–H and O–H groups in total. The molecule has 0 amide bonds. The summed E-state index contributed by atoms with van der Waals surface area (Å²) < 4.78 is 11.8. The number of likely N-dealkylation sites (tertiary alicyclic amines) is 1. The van der Waals surface area contributed by atoms with Gasteiger partial charge in [-0.05, 0) is 39.0 Å². The predicted octanol–water partition coefficient (Wildman–Crippen LogP) is 3.33. The lowest BCUT2D eigenvalue weighted by molar-refractivity contribution is -0.0401. The molecule has 3 heteroatoms. The van der Waals surface area contributed by atoms with E-state index in [1.165, 1.54) is 0 Å². The van der Waals surface area contributed by atoms with Crippen molar-refractivity contribution in [3.63, 3.8) is 0 Å². The second-order valence-electron chi connectivity index (χ2n) is 7.87. The molecular formula is C16H33NO2. The zero-order valence-corrected chi connectivity index (χ0v) is 13.8. The highest BCUT2D eigenvalue weighted by Crippen LogP contribution is 2.19. The van der Waals surface area contributed by atoms with Crippen molar-refractivity contribution in [3.8, 4) is 0 Å². The second kappa shape index (κ2) is 7.05. The Morgan fingerprint density at radius 3 is 2.05 bits per heavy atom. The average Bonchev–Trinajstić information content (AvgIpc) is 2.25. The van der Waals surface area contributed by atoms with Crippen molar-refractivity contribution in [3.05, 3.63) is 0 Å². The fourth-order valence-corrected chi connectivity index (χ4v) is 2.15. The highest BCUT2D eigenvalue weighted by Gasteiger charge is 2.22. The summed E-state index contributed by atoms with van der Waals surface area (Å²) in [5.74, 6) is 0. The van der Waals surface area contributed by atoms with Crippen molar-refractivity contribution in [2.75, 3.05) is 32.8 Å². The van der Waals surface area contributed by atoms with E-state index in [0.717, 1.165) is 45.7 Å². The maximum atomic E-state index is 6.00. The molecule has 1 rings (SSSR count). The first-order valence-corrected chi connectivity index (χ1v) is 7.64. The standard InChI is InChI=1S/C16H33NO2/c1-15(2,3)13-18-14-7-9-17(10-8-14)11-12-19-16(4,5)6/h14H,7-13H2,1-6H3. The van der Waals surface area contributed by atoms with Gasteiger partial charge < -0.3 is 14.4 Å². The van der Waals surface area contributed by atoms with Crippen LogP contribution in [0.25, 0.3) is 0 Å². The highest BCUT2D eigenvalue weighted by molar-refractivity contribution is 4.74. The van der Waals surface area contributed by atoms with Crippen molar-refractivity contribution in [1.29, 1.82) is 0 Å². The Kier molecular flexibility index (Phi) is 6.28. The zero-order valence-electron chi connectivity index (χ0n) is 13.8. The fraction of sp³-hybridized carbons (Fsp3) is 1.00. The third-order valence-electron chi connectivity index (χ3n) is 3.23. The van der Waals surface area contributed by atoms with Crippen molar-refractivity contribution < 1.29 is 9.47 Å². The molecule has 0 atom stereocenters. The second-order valence-corrected chi connectivity index (χ2v) is 7.87. The Balaban J connectivity index is 2.12. The number of hydrogen-bond acceptors (Lipinski definition) is 3. The molecule has 0 saturated carbocycles. The first-order chi connectivity index (χ1) is 8.66. The van der Waals surface area contributed by atoms with Crippen molar-refractivity contribution >= 4 is 0 Å². The molecule has 1 aliphatic rings. The monoisotopic (exact) mass is 271 g/mol. The molecule has 0 spiro atoms. The van der Waals surface area contributed by atoms with Gasteiger partial charge in [-0.1, -0.05) is 20.8 Å². The molecular weight excluding hydrogens is 238 g/mol. The van der Waals surface area contributed by atoms with Gasteiger partial charge >= 0.3 is 0 Å². The van der Waals surface area contributed by atoms with Crippen LogP contribution in [0.4, 0.5) is 0 Å². The Bertz CT molecular complexity index is 244. The van der Waals surface area contributed by atoms with E-state index in [9.17, 15) is 0 Å². The Hall–Kier alpha value is -0.120. The summed E-state index contributed by atoms with van der Waals surface area (Å²) in [7, 11) is 0. The van der Waals surface area contributed by atoms with E-state index in [1.807, 2.05) is 0 Å². The van der Waals surface area contributed by atoms with Gasteiger partial charge in [-0.2, -0.15) is 0 Å². The van der Waals surface area contributed by atoms with Gasteiger partial charge in [-0.25, -0.2) is 0 Å². The van der Waals surface area contributed by atoms with Gasteiger partial charge in [-0.15, -0.1) is 0 Å². The minimum Gasteiger partial charge on any atom is -0.378 e. The summed E-state index contributed by atoms with van der Waals surface area (Å²) in [6, 6.07) is 0. The third kappa shape index (κ3) is 8.61. The van der Waals surface area contributed by atoms with E-state index in [-0.39, 0.29) is 11.0 Å². The fourth-order valence-electron chi connectivity index (χ4n) is 2.15. The van der Waals surface area contributed by atoms with Crippen LogP contribution in [-0.2, 0) is 9.47 Å². The van der Waals surface area contributed by atoms with E-state index < -0.39 is 0 Å². The number of hydrogen-bond donors (Lipinski definition) is 0. The molecule has 0 aromatic rings. The van der Waals surface area contributed by atoms with Crippen LogP contribution >= 0.6 is 0 Å².